The van der Waals surface area contributed by atoms with Crippen LogP contribution in [-0.4, -0.2) is 29.7 Å². The quantitative estimate of drug-likeness (QED) is 0.774. The zero-order valence-corrected chi connectivity index (χ0v) is 10.9. The van der Waals surface area contributed by atoms with E-state index >= 15 is 0 Å². The highest BCUT2D eigenvalue weighted by Gasteiger charge is 2.18. The van der Waals surface area contributed by atoms with Crippen molar-refractivity contribution in [3.8, 4) is 5.69 Å². The van der Waals surface area contributed by atoms with Gasteiger partial charge in [0.1, 0.15) is 5.82 Å². The lowest BCUT2D eigenvalue weighted by Gasteiger charge is -2.19. The number of carbonyl (C=O) groups is 1. The number of anilines is 1. The summed E-state index contributed by atoms with van der Waals surface area (Å²) in [5.74, 6) is 0.844. The second-order valence-electron chi connectivity index (χ2n) is 4.20. The molecule has 0 aliphatic rings. The van der Waals surface area contributed by atoms with Crippen LogP contribution in [0.2, 0.25) is 0 Å². The van der Waals surface area contributed by atoms with E-state index in [1.807, 2.05) is 60.8 Å². The van der Waals surface area contributed by atoms with Crippen LogP contribution in [0.25, 0.3) is 5.69 Å². The number of carbonyl (C=O) groups excluding carboxylic acids is 1. The molecule has 4 heteroatoms. The Bertz CT molecular complexity index is 546. The third-order valence-electron chi connectivity index (χ3n) is 3.04. The van der Waals surface area contributed by atoms with Gasteiger partial charge in [0.2, 0.25) is 0 Å². The fourth-order valence-electron chi connectivity index (χ4n) is 1.93. The van der Waals surface area contributed by atoms with E-state index in [1.165, 1.54) is 0 Å². The molecule has 1 aromatic carbocycles. The molecule has 0 aliphatic carbocycles. The summed E-state index contributed by atoms with van der Waals surface area (Å²) in [6, 6.07) is 9.84. The molecule has 2 rings (SSSR count). The summed E-state index contributed by atoms with van der Waals surface area (Å²) >= 11 is 0. The number of aldehydes is 1. The van der Waals surface area contributed by atoms with E-state index in [0.29, 0.717) is 5.56 Å². The minimum atomic E-state index is 0.656. The Labute approximate surface area is 107 Å². The first-order chi connectivity index (χ1) is 8.69. The number of benzene rings is 1. The lowest BCUT2D eigenvalue weighted by atomic mass is 10.2. The van der Waals surface area contributed by atoms with Crippen LogP contribution < -0.4 is 4.90 Å². The average molecular weight is 243 g/mol. The summed E-state index contributed by atoms with van der Waals surface area (Å²) in [7, 11) is 1.96. The van der Waals surface area contributed by atoms with Gasteiger partial charge in [-0.2, -0.15) is 5.10 Å². The van der Waals surface area contributed by atoms with Crippen LogP contribution in [-0.2, 0) is 0 Å². The van der Waals surface area contributed by atoms with Crippen LogP contribution >= 0.6 is 0 Å². The number of para-hydroxylation sites is 1. The van der Waals surface area contributed by atoms with E-state index in [4.69, 9.17) is 0 Å². The summed E-state index contributed by atoms with van der Waals surface area (Å²) in [6.45, 7) is 4.72. The molecule has 0 N–H and O–H groups in total. The van der Waals surface area contributed by atoms with E-state index in [2.05, 4.69) is 5.10 Å². The Hall–Kier alpha value is -2.10. The molecule has 0 fully saturated rings. The van der Waals surface area contributed by atoms with Crippen LogP contribution in [0.5, 0.6) is 0 Å². The van der Waals surface area contributed by atoms with Crippen molar-refractivity contribution >= 4 is 12.1 Å². The fourth-order valence-corrected chi connectivity index (χ4v) is 1.93. The zero-order chi connectivity index (χ0) is 13.1. The van der Waals surface area contributed by atoms with Crippen molar-refractivity contribution < 1.29 is 4.79 Å². The molecule has 0 unspecified atom stereocenters. The van der Waals surface area contributed by atoms with Gasteiger partial charge in [0.25, 0.3) is 0 Å². The van der Waals surface area contributed by atoms with Crippen molar-refractivity contribution in [2.24, 2.45) is 0 Å². The van der Waals surface area contributed by atoms with Gasteiger partial charge < -0.3 is 4.90 Å². The Morgan fingerprint density at radius 1 is 1.33 bits per heavy atom. The zero-order valence-electron chi connectivity index (χ0n) is 10.9. The lowest BCUT2D eigenvalue weighted by Crippen LogP contribution is -2.20. The van der Waals surface area contributed by atoms with Crippen LogP contribution in [0.4, 0.5) is 5.82 Å². The summed E-state index contributed by atoms with van der Waals surface area (Å²) in [5, 5.41) is 4.46. The molecule has 0 saturated carbocycles. The van der Waals surface area contributed by atoms with Gasteiger partial charge in [-0.05, 0) is 26.0 Å². The predicted molar refractivity (Wildman–Crippen MR) is 72.6 cm³/mol. The molecule has 18 heavy (non-hydrogen) atoms. The summed E-state index contributed by atoms with van der Waals surface area (Å²) in [4.78, 5) is 13.3. The third-order valence-corrected chi connectivity index (χ3v) is 3.04. The van der Waals surface area contributed by atoms with E-state index in [0.717, 1.165) is 30.0 Å². The summed E-state index contributed by atoms with van der Waals surface area (Å²) in [6.07, 6.45) is 0.878. The molecule has 0 bridgehead atoms. The van der Waals surface area contributed by atoms with E-state index in [9.17, 15) is 4.79 Å². The monoisotopic (exact) mass is 243 g/mol. The number of hydrogen-bond donors (Lipinski definition) is 0. The fraction of sp³-hybridized carbons (Fsp3) is 0.286. The first-order valence-electron chi connectivity index (χ1n) is 6.00. The molecule has 0 saturated heterocycles. The Balaban J connectivity index is 2.64. The van der Waals surface area contributed by atoms with Crippen LogP contribution in [0.1, 0.15) is 23.0 Å². The molecule has 4 nitrogen and oxygen atoms in total. The van der Waals surface area contributed by atoms with Crippen LogP contribution in [0.3, 0.4) is 0 Å². The maximum Gasteiger partial charge on any atom is 0.155 e. The first-order valence-corrected chi connectivity index (χ1v) is 6.00. The van der Waals surface area contributed by atoms with Crippen molar-refractivity contribution in [2.45, 2.75) is 13.8 Å². The standard InChI is InChI=1S/C14H17N3O/c1-4-16(3)14-13(10-18)11(2)15-17(14)12-8-6-5-7-9-12/h5-10H,4H2,1-3H3. The van der Waals surface area contributed by atoms with Gasteiger partial charge in [-0.1, -0.05) is 18.2 Å². The van der Waals surface area contributed by atoms with Crippen molar-refractivity contribution in [3.05, 3.63) is 41.6 Å². The van der Waals surface area contributed by atoms with Gasteiger partial charge in [0.15, 0.2) is 6.29 Å². The van der Waals surface area contributed by atoms with E-state index < -0.39 is 0 Å². The maximum atomic E-state index is 11.2. The van der Waals surface area contributed by atoms with Crippen LogP contribution in [0, 0.1) is 6.92 Å². The molecule has 0 aliphatic heterocycles. The molecule has 1 aromatic heterocycles. The van der Waals surface area contributed by atoms with Crippen molar-refractivity contribution in [3.63, 3.8) is 0 Å². The van der Waals surface area contributed by atoms with Gasteiger partial charge in [-0.15, -0.1) is 0 Å². The number of aromatic nitrogens is 2. The highest BCUT2D eigenvalue weighted by atomic mass is 16.1. The molecule has 94 valence electrons. The molecule has 2 aromatic rings. The predicted octanol–water partition coefficient (Wildman–Crippen LogP) is 2.45. The van der Waals surface area contributed by atoms with Crippen molar-refractivity contribution in [1.29, 1.82) is 0 Å². The smallest absolute Gasteiger partial charge is 0.155 e. The molecule has 0 amide bonds. The van der Waals surface area contributed by atoms with Crippen molar-refractivity contribution in [2.75, 3.05) is 18.5 Å². The second-order valence-corrected chi connectivity index (χ2v) is 4.20. The van der Waals surface area contributed by atoms with Gasteiger partial charge in [0.05, 0.1) is 16.9 Å². The third kappa shape index (κ3) is 2.01. The number of aryl methyl sites for hydroxylation is 1. The number of nitrogens with zero attached hydrogens (tertiary/aromatic N) is 3. The SMILES string of the molecule is CCN(C)c1c(C=O)c(C)nn1-c1ccccc1. The minimum Gasteiger partial charge on any atom is -0.359 e. The largest absolute Gasteiger partial charge is 0.359 e. The molecule has 1 heterocycles. The number of rotatable bonds is 4. The average Bonchev–Trinajstić information content (AvgIpc) is 2.75. The first kappa shape index (κ1) is 12.4. The highest BCUT2D eigenvalue weighted by Crippen LogP contribution is 2.24. The van der Waals surface area contributed by atoms with Crippen molar-refractivity contribution in [1.82, 2.24) is 9.78 Å². The molecule has 0 atom stereocenters. The minimum absolute atomic E-state index is 0.656. The topological polar surface area (TPSA) is 38.1 Å². The van der Waals surface area contributed by atoms with Gasteiger partial charge >= 0.3 is 0 Å². The van der Waals surface area contributed by atoms with Crippen LogP contribution in [0.15, 0.2) is 30.3 Å². The maximum absolute atomic E-state index is 11.2. The van der Waals surface area contributed by atoms with E-state index in [1.54, 1.807) is 0 Å². The summed E-state index contributed by atoms with van der Waals surface area (Å²) < 4.78 is 1.82. The van der Waals surface area contributed by atoms with Gasteiger partial charge in [-0.3, -0.25) is 4.79 Å². The Kier molecular flexibility index (Phi) is 3.46. The molecule has 0 radical (unpaired) electrons. The molecular formula is C14H17N3O. The van der Waals surface area contributed by atoms with E-state index in [-0.39, 0.29) is 0 Å². The summed E-state index contributed by atoms with van der Waals surface area (Å²) in [5.41, 5.74) is 2.37. The highest BCUT2D eigenvalue weighted by molar-refractivity contribution is 5.85. The molecule has 0 spiro atoms. The van der Waals surface area contributed by atoms with Gasteiger partial charge in [0, 0.05) is 13.6 Å². The Morgan fingerprint density at radius 3 is 2.56 bits per heavy atom. The second kappa shape index (κ2) is 5.04. The lowest BCUT2D eigenvalue weighted by molar-refractivity contribution is 0.112. The normalized spacial score (nSPS) is 10.4. The van der Waals surface area contributed by atoms with Gasteiger partial charge in [-0.25, -0.2) is 4.68 Å². The Morgan fingerprint density at radius 2 is 2.00 bits per heavy atom. The number of hydrogen-bond acceptors (Lipinski definition) is 3. The molecular weight excluding hydrogens is 226 g/mol.